The van der Waals surface area contributed by atoms with E-state index in [2.05, 4.69) is 4.98 Å². The van der Waals surface area contributed by atoms with E-state index < -0.39 is 9.84 Å². The largest absolute Gasteiger partial charge is 0.492 e. The van der Waals surface area contributed by atoms with Gasteiger partial charge in [-0.05, 0) is 37.6 Å². The van der Waals surface area contributed by atoms with Crippen LogP contribution in [0.25, 0.3) is 11.0 Å². The number of aromatic nitrogens is 2. The summed E-state index contributed by atoms with van der Waals surface area (Å²) in [5.74, 6) is 0.599. The lowest BCUT2D eigenvalue weighted by molar-refractivity contribution is 0.338. The Morgan fingerprint density at radius 1 is 1.08 bits per heavy atom. The van der Waals surface area contributed by atoms with Gasteiger partial charge in [0, 0.05) is 6.54 Å². The molecule has 1 aromatic heterocycles. The molecule has 0 spiro atoms. The first-order valence-electron chi connectivity index (χ1n) is 7.89. The van der Waals surface area contributed by atoms with Crippen molar-refractivity contribution in [3.8, 4) is 5.75 Å². The van der Waals surface area contributed by atoms with Crippen LogP contribution in [-0.4, -0.2) is 30.3 Å². The molecule has 0 unspecified atom stereocenters. The van der Waals surface area contributed by atoms with Crippen LogP contribution in [0.2, 0.25) is 0 Å². The lowest BCUT2D eigenvalue weighted by Gasteiger charge is -2.10. The number of rotatable bonds is 6. The highest BCUT2D eigenvalue weighted by Crippen LogP contribution is 2.21. The Morgan fingerprint density at radius 2 is 1.79 bits per heavy atom. The summed E-state index contributed by atoms with van der Waals surface area (Å²) >= 11 is 0. The van der Waals surface area contributed by atoms with Crippen molar-refractivity contribution in [2.45, 2.75) is 25.5 Å². The first-order chi connectivity index (χ1) is 11.5. The second-order valence-corrected chi connectivity index (χ2v) is 7.56. The number of aryl methyl sites for hydroxylation is 2. The third-order valence-electron chi connectivity index (χ3n) is 3.92. The van der Waals surface area contributed by atoms with Gasteiger partial charge in [0.1, 0.15) is 12.4 Å². The van der Waals surface area contributed by atoms with E-state index in [1.54, 1.807) is 4.57 Å². The average molecular weight is 344 g/mol. The molecule has 3 rings (SSSR count). The molecule has 0 aliphatic rings. The van der Waals surface area contributed by atoms with E-state index in [0.29, 0.717) is 17.8 Å². The fraction of sp³-hybridized carbons (Fsp3) is 0.278. The molecule has 0 aliphatic carbocycles. The minimum absolute atomic E-state index is 0.0973. The lowest BCUT2D eigenvalue weighted by atomic mass is 10.2. The predicted molar refractivity (Wildman–Crippen MR) is 94.1 cm³/mol. The minimum atomic E-state index is -3.52. The van der Waals surface area contributed by atoms with Crippen LogP contribution < -0.4 is 4.74 Å². The Bertz CT molecular complexity index is 961. The van der Waals surface area contributed by atoms with E-state index in [1.165, 1.54) is 0 Å². The van der Waals surface area contributed by atoms with E-state index in [-0.39, 0.29) is 17.5 Å². The molecule has 0 amide bonds. The molecule has 6 heteroatoms. The summed E-state index contributed by atoms with van der Waals surface area (Å²) in [5, 5.41) is 0.111. The van der Waals surface area contributed by atoms with Crippen molar-refractivity contribution >= 4 is 20.9 Å². The minimum Gasteiger partial charge on any atom is -0.492 e. The van der Waals surface area contributed by atoms with Gasteiger partial charge in [-0.3, -0.25) is 0 Å². The maximum absolute atomic E-state index is 12.7. The summed E-state index contributed by atoms with van der Waals surface area (Å²) in [6, 6.07) is 15.0. The summed E-state index contributed by atoms with van der Waals surface area (Å²) in [6.07, 6.45) is 0. The van der Waals surface area contributed by atoms with Crippen molar-refractivity contribution in [3.05, 3.63) is 54.1 Å². The van der Waals surface area contributed by atoms with E-state index in [9.17, 15) is 8.42 Å². The molecule has 0 aliphatic heterocycles. The molecule has 0 fully saturated rings. The van der Waals surface area contributed by atoms with Crippen molar-refractivity contribution in [2.24, 2.45) is 0 Å². The second kappa shape index (κ2) is 6.65. The average Bonchev–Trinajstić information content (AvgIpc) is 2.96. The van der Waals surface area contributed by atoms with E-state index in [0.717, 1.165) is 11.1 Å². The van der Waals surface area contributed by atoms with E-state index in [4.69, 9.17) is 4.74 Å². The fourth-order valence-corrected chi connectivity index (χ4v) is 3.95. The van der Waals surface area contributed by atoms with Gasteiger partial charge in [0.05, 0.1) is 16.8 Å². The number of para-hydroxylation sites is 3. The highest BCUT2D eigenvalue weighted by molar-refractivity contribution is 7.91. The summed E-state index contributed by atoms with van der Waals surface area (Å²) < 4.78 is 32.7. The maximum atomic E-state index is 12.7. The molecule has 0 saturated carbocycles. The normalized spacial score (nSPS) is 11.8. The Labute approximate surface area is 141 Å². The molecule has 1 heterocycles. The zero-order valence-corrected chi connectivity index (χ0v) is 14.6. The Hall–Kier alpha value is -2.34. The topological polar surface area (TPSA) is 61.2 Å². The van der Waals surface area contributed by atoms with Gasteiger partial charge in [-0.1, -0.05) is 30.3 Å². The zero-order valence-electron chi connectivity index (χ0n) is 13.8. The summed E-state index contributed by atoms with van der Waals surface area (Å²) in [5.41, 5.74) is 2.51. The van der Waals surface area contributed by atoms with Gasteiger partial charge in [0.15, 0.2) is 0 Å². The third kappa shape index (κ3) is 3.14. The molecule has 5 nitrogen and oxygen atoms in total. The van der Waals surface area contributed by atoms with Crippen molar-refractivity contribution in [2.75, 3.05) is 12.4 Å². The number of hydrogen-bond acceptors (Lipinski definition) is 4. The molecule has 0 atom stereocenters. The van der Waals surface area contributed by atoms with Crippen LogP contribution in [0.5, 0.6) is 5.75 Å². The van der Waals surface area contributed by atoms with Crippen LogP contribution in [0.15, 0.2) is 53.7 Å². The molecule has 3 aromatic rings. The van der Waals surface area contributed by atoms with Gasteiger partial charge >= 0.3 is 0 Å². The SMILES string of the molecule is CCn1c(S(=O)(=O)CCOc2ccccc2C)nc2ccccc21. The van der Waals surface area contributed by atoms with Crippen LogP contribution in [0.1, 0.15) is 12.5 Å². The van der Waals surface area contributed by atoms with Crippen molar-refractivity contribution in [1.29, 1.82) is 0 Å². The molecule has 24 heavy (non-hydrogen) atoms. The lowest BCUT2D eigenvalue weighted by Crippen LogP contribution is -2.18. The molecule has 0 bridgehead atoms. The third-order valence-corrected chi connectivity index (χ3v) is 5.49. The molecular weight excluding hydrogens is 324 g/mol. The van der Waals surface area contributed by atoms with Gasteiger partial charge in [-0.2, -0.15) is 0 Å². The van der Waals surface area contributed by atoms with Crippen molar-refractivity contribution < 1.29 is 13.2 Å². The molecule has 0 radical (unpaired) electrons. The van der Waals surface area contributed by atoms with Gasteiger partial charge in [-0.15, -0.1) is 0 Å². The number of nitrogens with zero attached hydrogens (tertiary/aromatic N) is 2. The Balaban J connectivity index is 1.82. The molecule has 126 valence electrons. The number of imidazole rings is 1. The monoisotopic (exact) mass is 344 g/mol. The van der Waals surface area contributed by atoms with Gasteiger partial charge in [-0.25, -0.2) is 13.4 Å². The van der Waals surface area contributed by atoms with E-state index in [1.807, 2.05) is 62.4 Å². The quantitative estimate of drug-likeness (QED) is 0.689. The fourth-order valence-electron chi connectivity index (χ4n) is 2.67. The zero-order chi connectivity index (χ0) is 17.2. The van der Waals surface area contributed by atoms with Crippen molar-refractivity contribution in [1.82, 2.24) is 9.55 Å². The first kappa shape index (κ1) is 16.5. The van der Waals surface area contributed by atoms with Gasteiger partial charge in [0.25, 0.3) is 0 Å². The number of sulfone groups is 1. The Morgan fingerprint density at radius 3 is 2.54 bits per heavy atom. The summed E-state index contributed by atoms with van der Waals surface area (Å²) in [6.45, 7) is 4.49. The summed E-state index contributed by atoms with van der Waals surface area (Å²) in [7, 11) is -3.52. The highest BCUT2D eigenvalue weighted by atomic mass is 32.2. The van der Waals surface area contributed by atoms with Crippen LogP contribution in [-0.2, 0) is 16.4 Å². The van der Waals surface area contributed by atoms with E-state index >= 15 is 0 Å². The number of hydrogen-bond donors (Lipinski definition) is 0. The van der Waals surface area contributed by atoms with Gasteiger partial charge in [0.2, 0.25) is 15.0 Å². The standard InChI is InChI=1S/C18H20N2O3S/c1-3-20-16-10-6-5-9-15(16)19-18(20)24(21,22)13-12-23-17-11-7-4-8-14(17)2/h4-11H,3,12-13H2,1-2H3. The first-order valence-corrected chi connectivity index (χ1v) is 9.54. The molecule has 0 N–H and O–H groups in total. The van der Waals surface area contributed by atoms with Crippen LogP contribution in [0.4, 0.5) is 0 Å². The number of benzene rings is 2. The van der Waals surface area contributed by atoms with Gasteiger partial charge < -0.3 is 9.30 Å². The number of ether oxygens (including phenoxy) is 1. The maximum Gasteiger partial charge on any atom is 0.228 e. The van der Waals surface area contributed by atoms with Crippen LogP contribution >= 0.6 is 0 Å². The predicted octanol–water partition coefficient (Wildman–Crippen LogP) is 3.22. The summed E-state index contributed by atoms with van der Waals surface area (Å²) in [4.78, 5) is 4.32. The Kier molecular flexibility index (Phi) is 4.57. The molecule has 2 aromatic carbocycles. The van der Waals surface area contributed by atoms with Crippen LogP contribution in [0.3, 0.4) is 0 Å². The van der Waals surface area contributed by atoms with Crippen LogP contribution in [0, 0.1) is 6.92 Å². The second-order valence-electron chi connectivity index (χ2n) is 5.56. The smallest absolute Gasteiger partial charge is 0.228 e. The molecular formula is C18H20N2O3S. The highest BCUT2D eigenvalue weighted by Gasteiger charge is 2.23. The van der Waals surface area contributed by atoms with Crippen molar-refractivity contribution in [3.63, 3.8) is 0 Å². The number of fused-ring (bicyclic) bond motifs is 1. The molecule has 0 saturated heterocycles.